The van der Waals surface area contributed by atoms with Gasteiger partial charge < -0.3 is 14.6 Å². The smallest absolute Gasteiger partial charge is 0.307 e. The van der Waals surface area contributed by atoms with Crippen molar-refractivity contribution >= 4 is 32.8 Å². The van der Waals surface area contributed by atoms with Gasteiger partial charge in [0.05, 0.1) is 29.6 Å². The van der Waals surface area contributed by atoms with Gasteiger partial charge in [-0.15, -0.1) is 0 Å². The Morgan fingerprint density at radius 2 is 2.08 bits per heavy atom. The fraction of sp³-hybridized carbons (Fsp3) is 0.480. The highest BCUT2D eigenvalue weighted by Gasteiger charge is 2.59. The van der Waals surface area contributed by atoms with Crippen LogP contribution in [0.25, 0.3) is 0 Å². The number of hydrogen-bond donors (Lipinski definition) is 1. The lowest BCUT2D eigenvalue weighted by Gasteiger charge is -2.15. The summed E-state index contributed by atoms with van der Waals surface area (Å²) in [5.74, 6) is -0.782. The van der Waals surface area contributed by atoms with Gasteiger partial charge in [0.2, 0.25) is 11.1 Å². The van der Waals surface area contributed by atoms with Gasteiger partial charge in [0.1, 0.15) is 22.3 Å². The highest BCUT2D eigenvalue weighted by Crippen LogP contribution is 2.61. The zero-order valence-corrected chi connectivity index (χ0v) is 21.5. The van der Waals surface area contributed by atoms with Crippen LogP contribution < -0.4 is 4.74 Å². The molecule has 5 unspecified atom stereocenters. The van der Waals surface area contributed by atoms with E-state index in [4.69, 9.17) is 9.47 Å². The molecule has 1 aliphatic heterocycles. The van der Waals surface area contributed by atoms with E-state index in [9.17, 15) is 22.7 Å². The third-order valence-corrected chi connectivity index (χ3v) is 9.28. The van der Waals surface area contributed by atoms with E-state index in [-0.39, 0.29) is 53.8 Å². The predicted molar refractivity (Wildman–Crippen MR) is 134 cm³/mol. The first-order valence-corrected chi connectivity index (χ1v) is 14.7. The zero-order valence-electron chi connectivity index (χ0n) is 19.9. The minimum atomic E-state index is -3.03. The first-order valence-electron chi connectivity index (χ1n) is 11.8. The van der Waals surface area contributed by atoms with Crippen LogP contribution in [0.15, 0.2) is 35.5 Å². The molecule has 36 heavy (non-hydrogen) atoms. The van der Waals surface area contributed by atoms with Crippen LogP contribution in [0.1, 0.15) is 46.8 Å². The third kappa shape index (κ3) is 5.22. The van der Waals surface area contributed by atoms with Crippen molar-refractivity contribution in [1.82, 2.24) is 4.98 Å². The van der Waals surface area contributed by atoms with Gasteiger partial charge in [-0.05, 0) is 54.5 Å². The SMILES string of the molecule is CC1N=C(OCCCS(C)(=O)=O)SC1c1ccc(F)c(COc2cc3c(cn2)C2C(C3)C2C(=O)O)c1. The van der Waals surface area contributed by atoms with Gasteiger partial charge >= 0.3 is 5.97 Å². The van der Waals surface area contributed by atoms with E-state index in [1.54, 1.807) is 18.3 Å². The quantitative estimate of drug-likeness (QED) is 0.484. The number of carboxylic acid groups (broad SMARTS) is 1. The first kappa shape index (κ1) is 25.0. The molecule has 2 heterocycles. The van der Waals surface area contributed by atoms with Gasteiger partial charge in [0, 0.05) is 30.0 Å². The maximum absolute atomic E-state index is 14.6. The summed E-state index contributed by atoms with van der Waals surface area (Å²) in [4.78, 5) is 20.1. The molecular weight excluding hydrogens is 507 g/mol. The molecule has 11 heteroatoms. The van der Waals surface area contributed by atoms with E-state index in [2.05, 4.69) is 9.98 Å². The summed E-state index contributed by atoms with van der Waals surface area (Å²) in [5, 5.41) is 9.72. The molecule has 1 aromatic heterocycles. The molecule has 1 aromatic carbocycles. The molecule has 3 aliphatic rings. The number of carbonyl (C=O) groups is 1. The van der Waals surface area contributed by atoms with E-state index in [1.165, 1.54) is 24.1 Å². The maximum Gasteiger partial charge on any atom is 0.307 e. The summed E-state index contributed by atoms with van der Waals surface area (Å²) >= 11 is 1.44. The topological polar surface area (TPSA) is 115 Å². The third-order valence-electron chi connectivity index (χ3n) is 6.90. The van der Waals surface area contributed by atoms with Gasteiger partial charge in [-0.3, -0.25) is 4.79 Å². The van der Waals surface area contributed by atoms with Crippen molar-refractivity contribution < 1.29 is 32.2 Å². The van der Waals surface area contributed by atoms with Crippen LogP contribution in [0.3, 0.4) is 0 Å². The zero-order chi connectivity index (χ0) is 25.6. The van der Waals surface area contributed by atoms with Gasteiger partial charge in [0.25, 0.3) is 0 Å². The molecule has 2 aromatic rings. The summed E-state index contributed by atoms with van der Waals surface area (Å²) in [6.45, 7) is 2.24. The molecule has 5 atom stereocenters. The number of rotatable bonds is 9. The van der Waals surface area contributed by atoms with Crippen LogP contribution >= 0.6 is 11.8 Å². The minimum absolute atomic E-state index is 0.0114. The monoisotopic (exact) mass is 534 g/mol. The number of aromatic nitrogens is 1. The first-order chi connectivity index (χ1) is 17.1. The Hall–Kier alpha value is -2.66. The van der Waals surface area contributed by atoms with Crippen molar-refractivity contribution in [1.29, 1.82) is 0 Å². The second kappa shape index (κ2) is 9.66. The summed E-state index contributed by atoms with van der Waals surface area (Å²) in [5.41, 5.74) is 3.33. The number of ether oxygens (including phenoxy) is 2. The molecule has 0 bridgehead atoms. The van der Waals surface area contributed by atoms with E-state index in [0.717, 1.165) is 16.7 Å². The van der Waals surface area contributed by atoms with Crippen molar-refractivity contribution in [2.75, 3.05) is 18.6 Å². The van der Waals surface area contributed by atoms with E-state index < -0.39 is 15.8 Å². The Morgan fingerprint density at radius 3 is 2.83 bits per heavy atom. The summed E-state index contributed by atoms with van der Waals surface area (Å²) in [6, 6.07) is 6.67. The largest absolute Gasteiger partial charge is 0.481 e. The number of fused-ring (bicyclic) bond motifs is 3. The van der Waals surface area contributed by atoms with Crippen molar-refractivity contribution in [3.05, 3.63) is 58.5 Å². The van der Waals surface area contributed by atoms with E-state index >= 15 is 0 Å². The number of aliphatic imine (C=N–C) groups is 1. The van der Waals surface area contributed by atoms with Crippen LogP contribution in [0.2, 0.25) is 0 Å². The normalized spacial score (nSPS) is 26.2. The van der Waals surface area contributed by atoms with Crippen LogP contribution in [0.4, 0.5) is 4.39 Å². The number of benzene rings is 1. The summed E-state index contributed by atoms with van der Waals surface area (Å²) in [7, 11) is -3.03. The Bertz CT molecular complexity index is 1330. The highest BCUT2D eigenvalue weighted by atomic mass is 32.2. The van der Waals surface area contributed by atoms with Gasteiger partial charge in [-0.2, -0.15) is 0 Å². The molecule has 1 fully saturated rings. The molecular formula is C25H27FN2O6S2. The van der Waals surface area contributed by atoms with Gasteiger partial charge in [0.15, 0.2) is 0 Å². The number of halogens is 1. The molecule has 0 amide bonds. The Kier molecular flexibility index (Phi) is 6.71. The van der Waals surface area contributed by atoms with E-state index in [0.29, 0.717) is 29.5 Å². The summed E-state index contributed by atoms with van der Waals surface area (Å²) < 4.78 is 48.6. The minimum Gasteiger partial charge on any atom is -0.481 e. The number of hydrogen-bond acceptors (Lipinski definition) is 8. The number of sulfone groups is 1. The van der Waals surface area contributed by atoms with Gasteiger partial charge in [-0.1, -0.05) is 17.8 Å². The second-order valence-corrected chi connectivity index (χ2v) is 13.0. The fourth-order valence-electron chi connectivity index (χ4n) is 5.09. The summed E-state index contributed by atoms with van der Waals surface area (Å²) in [6.07, 6.45) is 3.99. The van der Waals surface area contributed by atoms with Crippen LogP contribution in [0, 0.1) is 17.7 Å². The van der Waals surface area contributed by atoms with Crippen LogP contribution in [0.5, 0.6) is 5.88 Å². The second-order valence-electron chi connectivity index (χ2n) is 9.62. The average molecular weight is 535 g/mol. The standard InChI is InChI=1S/C25H27FN2O6S2/c1-13-23(35-25(28-13)33-6-3-7-36(2,31)32)14-4-5-19(26)16(8-14)12-34-20-10-15-9-17-21(18(15)11-27-20)22(17)24(29)30/h4-5,8,10-11,13,17,21-23H,3,6-7,9,12H2,1-2H3,(H,29,30). The van der Waals surface area contributed by atoms with Gasteiger partial charge in [-0.25, -0.2) is 22.8 Å². The number of thioether (sulfide) groups is 1. The lowest BCUT2D eigenvalue weighted by Crippen LogP contribution is -2.08. The fourth-order valence-corrected chi connectivity index (χ4v) is 6.87. The lowest BCUT2D eigenvalue weighted by atomic mass is 10.0. The molecule has 192 valence electrons. The molecule has 1 N–H and O–H groups in total. The number of carboxylic acids is 1. The number of pyridine rings is 1. The number of aliphatic carboxylic acids is 1. The predicted octanol–water partition coefficient (Wildman–Crippen LogP) is 3.75. The van der Waals surface area contributed by atoms with E-state index in [1.807, 2.05) is 13.0 Å². The molecule has 0 saturated heterocycles. The Labute approximate surface area is 213 Å². The maximum atomic E-state index is 14.6. The van der Waals surface area contributed by atoms with Crippen molar-refractivity contribution in [2.45, 2.75) is 43.6 Å². The molecule has 0 spiro atoms. The Morgan fingerprint density at radius 1 is 1.28 bits per heavy atom. The lowest BCUT2D eigenvalue weighted by molar-refractivity contribution is -0.139. The van der Waals surface area contributed by atoms with Crippen molar-refractivity contribution in [2.24, 2.45) is 16.8 Å². The van der Waals surface area contributed by atoms with Crippen LogP contribution in [-0.2, 0) is 32.4 Å². The van der Waals surface area contributed by atoms with Crippen molar-refractivity contribution in [3.8, 4) is 5.88 Å². The molecule has 1 saturated carbocycles. The molecule has 2 aliphatic carbocycles. The molecule has 8 nitrogen and oxygen atoms in total. The van der Waals surface area contributed by atoms with Crippen LogP contribution in [-0.4, -0.2) is 54.4 Å². The average Bonchev–Trinajstić information content (AvgIpc) is 3.21. The molecule has 5 rings (SSSR count). The Balaban J connectivity index is 1.18. The highest BCUT2D eigenvalue weighted by molar-refractivity contribution is 8.14. The molecule has 0 radical (unpaired) electrons. The van der Waals surface area contributed by atoms with Crippen molar-refractivity contribution in [3.63, 3.8) is 0 Å². The number of nitrogens with zero attached hydrogens (tertiary/aromatic N) is 2.